The highest BCUT2D eigenvalue weighted by molar-refractivity contribution is 5.95. The van der Waals surface area contributed by atoms with Gasteiger partial charge in [-0.2, -0.15) is 13.2 Å². The summed E-state index contributed by atoms with van der Waals surface area (Å²) in [7, 11) is 0. The van der Waals surface area contributed by atoms with Crippen LogP contribution in [-0.4, -0.2) is 101 Å². The largest absolute Gasteiger partial charge is 0.471 e. The van der Waals surface area contributed by atoms with Crippen LogP contribution in [0, 0.1) is 28.6 Å². The molecule has 1 aliphatic carbocycles. The highest BCUT2D eigenvalue weighted by atomic mass is 19.4. The molecule has 230 valence electrons. The van der Waals surface area contributed by atoms with Crippen LogP contribution in [0.25, 0.3) is 0 Å². The minimum Gasteiger partial charge on any atom is -0.381 e. The molecule has 0 aromatic carbocycles. The maximum Gasteiger partial charge on any atom is 0.471 e. The Morgan fingerprint density at radius 2 is 1.73 bits per heavy atom. The lowest BCUT2D eigenvalue weighted by Gasteiger charge is -2.39. The Hall–Kier alpha value is -2.90. The van der Waals surface area contributed by atoms with Gasteiger partial charge in [0.2, 0.25) is 17.7 Å². The average molecular weight is 588 g/mol. The number of piperidine rings is 1. The summed E-state index contributed by atoms with van der Waals surface area (Å²) in [6.07, 6.45) is -5.56. The fourth-order valence-corrected chi connectivity index (χ4v) is 6.45. The van der Waals surface area contributed by atoms with Gasteiger partial charge in [0.1, 0.15) is 12.1 Å². The summed E-state index contributed by atoms with van der Waals surface area (Å²) in [5, 5.41) is 18.3. The number of hydrogen-bond acceptors (Lipinski definition) is 6. The molecule has 4 aliphatic rings. The summed E-state index contributed by atoms with van der Waals surface area (Å²) >= 11 is 0. The molecule has 0 bridgehead atoms. The molecule has 14 heteroatoms. The minimum absolute atomic E-state index is 0.00271. The Kier molecular flexibility index (Phi) is 8.13. The third-order valence-electron chi connectivity index (χ3n) is 9.24. The summed E-state index contributed by atoms with van der Waals surface area (Å²) in [5.74, 6) is -5.49. The van der Waals surface area contributed by atoms with Gasteiger partial charge >= 0.3 is 12.1 Å². The molecule has 3 saturated heterocycles. The van der Waals surface area contributed by atoms with Crippen LogP contribution < -0.4 is 16.0 Å². The van der Waals surface area contributed by atoms with Crippen LogP contribution in [-0.2, 0) is 24.0 Å². The Morgan fingerprint density at radius 3 is 2.22 bits per heavy atom. The van der Waals surface area contributed by atoms with Gasteiger partial charge in [0.05, 0.1) is 6.04 Å². The van der Waals surface area contributed by atoms with Crippen molar-refractivity contribution in [1.82, 2.24) is 25.8 Å². The molecule has 0 spiro atoms. The van der Waals surface area contributed by atoms with Crippen LogP contribution in [0.15, 0.2) is 0 Å². The number of alkyl halides is 3. The van der Waals surface area contributed by atoms with Crippen molar-refractivity contribution in [3.63, 3.8) is 0 Å². The van der Waals surface area contributed by atoms with Crippen molar-refractivity contribution in [1.29, 1.82) is 0 Å². The second-order valence-electron chi connectivity index (χ2n) is 13.4. The minimum atomic E-state index is -5.20. The molecule has 0 aromatic rings. The van der Waals surface area contributed by atoms with E-state index in [1.807, 2.05) is 19.2 Å². The van der Waals surface area contributed by atoms with Crippen LogP contribution in [0.1, 0.15) is 53.9 Å². The SMILES string of the molecule is CC(C)(C)[C@H](NC(=O)C(F)(F)F)C(=O)N1C[C@H]2[C@@H]([C@H]1C(=O)N[C@@H](C[C@@H]1CCNC1=O)C(O)C(=O)N1CCC1)C2(C)C. The number of likely N-dealkylation sites (tertiary alicyclic amines) is 2. The first kappa shape index (κ1) is 31.0. The smallest absolute Gasteiger partial charge is 0.381 e. The standard InChI is InChI=1S/C27H40F3N5O6/c1-25(2,3)19(33-24(41)27(28,29)30)23(40)35-12-14-16(26(14,4)5)17(35)21(38)32-15(11-13-7-8-31-20(13)37)18(36)22(39)34-9-6-10-34/h13-19,36H,6-12H2,1-5H3,(H,31,37)(H,32,38)(H,33,41)/t13-,14-,15-,16-,17-,18?,19+/m0/s1. The zero-order chi connectivity index (χ0) is 30.7. The zero-order valence-corrected chi connectivity index (χ0v) is 24.0. The molecule has 4 fully saturated rings. The first-order valence-electron chi connectivity index (χ1n) is 14.1. The highest BCUT2D eigenvalue weighted by Crippen LogP contribution is 2.65. The number of aliphatic hydroxyl groups is 1. The molecule has 3 aliphatic heterocycles. The first-order valence-corrected chi connectivity index (χ1v) is 14.1. The molecule has 1 saturated carbocycles. The van der Waals surface area contributed by atoms with Gasteiger partial charge < -0.3 is 30.9 Å². The van der Waals surface area contributed by atoms with E-state index in [9.17, 15) is 42.3 Å². The number of rotatable bonds is 8. The molecule has 3 heterocycles. The molecule has 41 heavy (non-hydrogen) atoms. The van der Waals surface area contributed by atoms with Crippen LogP contribution >= 0.6 is 0 Å². The number of aliphatic hydroxyl groups excluding tert-OH is 1. The first-order chi connectivity index (χ1) is 18.9. The van der Waals surface area contributed by atoms with Gasteiger partial charge in [0.25, 0.3) is 5.91 Å². The lowest BCUT2D eigenvalue weighted by atomic mass is 9.85. The van der Waals surface area contributed by atoms with Gasteiger partial charge in [0.15, 0.2) is 6.10 Å². The van der Waals surface area contributed by atoms with E-state index in [4.69, 9.17) is 0 Å². The van der Waals surface area contributed by atoms with E-state index in [2.05, 4.69) is 10.6 Å². The lowest BCUT2D eigenvalue weighted by molar-refractivity contribution is -0.176. The predicted molar refractivity (Wildman–Crippen MR) is 139 cm³/mol. The van der Waals surface area contributed by atoms with Gasteiger partial charge in [-0.15, -0.1) is 0 Å². The van der Waals surface area contributed by atoms with Crippen molar-refractivity contribution >= 4 is 29.5 Å². The van der Waals surface area contributed by atoms with Crippen molar-refractivity contribution in [2.45, 2.75) is 84.3 Å². The van der Waals surface area contributed by atoms with Crippen molar-refractivity contribution < 1.29 is 42.3 Å². The molecule has 11 nitrogen and oxygen atoms in total. The monoisotopic (exact) mass is 587 g/mol. The normalized spacial score (nSPS) is 29.0. The van der Waals surface area contributed by atoms with Crippen LogP contribution in [0.4, 0.5) is 13.2 Å². The van der Waals surface area contributed by atoms with E-state index in [1.165, 1.54) is 30.6 Å². The van der Waals surface area contributed by atoms with E-state index >= 15 is 0 Å². The molecular weight excluding hydrogens is 547 g/mol. The second-order valence-corrected chi connectivity index (χ2v) is 13.4. The maximum atomic E-state index is 13.9. The topological polar surface area (TPSA) is 148 Å². The van der Waals surface area contributed by atoms with Crippen molar-refractivity contribution in [2.75, 3.05) is 26.2 Å². The molecule has 4 rings (SSSR count). The maximum absolute atomic E-state index is 13.9. The Balaban J connectivity index is 1.58. The van der Waals surface area contributed by atoms with E-state index in [0.717, 1.165) is 6.42 Å². The van der Waals surface area contributed by atoms with Gasteiger partial charge in [-0.1, -0.05) is 34.6 Å². The molecule has 0 radical (unpaired) electrons. The summed E-state index contributed by atoms with van der Waals surface area (Å²) in [5.41, 5.74) is -1.45. The molecule has 7 atom stereocenters. The number of hydrogen-bond donors (Lipinski definition) is 4. The highest BCUT2D eigenvalue weighted by Gasteiger charge is 2.70. The third-order valence-corrected chi connectivity index (χ3v) is 9.24. The van der Waals surface area contributed by atoms with Crippen LogP contribution in [0.2, 0.25) is 0 Å². The average Bonchev–Trinajstić information content (AvgIpc) is 3.16. The van der Waals surface area contributed by atoms with Gasteiger partial charge in [0, 0.05) is 32.1 Å². The van der Waals surface area contributed by atoms with E-state index in [0.29, 0.717) is 26.1 Å². The summed E-state index contributed by atoms with van der Waals surface area (Å²) < 4.78 is 39.3. The molecular formula is C27H40F3N5O6. The fourth-order valence-electron chi connectivity index (χ4n) is 6.45. The van der Waals surface area contributed by atoms with Gasteiger partial charge in [-0.25, -0.2) is 0 Å². The van der Waals surface area contributed by atoms with Gasteiger partial charge in [-0.3, -0.25) is 24.0 Å². The van der Waals surface area contributed by atoms with Crippen molar-refractivity contribution in [3.8, 4) is 0 Å². The molecule has 5 amide bonds. The molecule has 4 N–H and O–H groups in total. The van der Waals surface area contributed by atoms with E-state index in [1.54, 1.807) is 0 Å². The quantitative estimate of drug-likeness (QED) is 0.318. The number of nitrogens with one attached hydrogen (secondary N) is 3. The number of carbonyl (C=O) groups is 5. The van der Waals surface area contributed by atoms with E-state index < -0.39 is 65.4 Å². The number of fused-ring (bicyclic) bond motifs is 1. The van der Waals surface area contributed by atoms with Crippen LogP contribution in [0.3, 0.4) is 0 Å². The molecule has 0 aromatic heterocycles. The Bertz CT molecular complexity index is 1100. The summed E-state index contributed by atoms with van der Waals surface area (Å²) in [4.78, 5) is 67.3. The number of amides is 5. The number of nitrogens with zero attached hydrogens (tertiary/aromatic N) is 2. The number of halogens is 3. The van der Waals surface area contributed by atoms with E-state index in [-0.39, 0.29) is 36.1 Å². The zero-order valence-electron chi connectivity index (χ0n) is 24.0. The Labute approximate surface area is 236 Å². The summed E-state index contributed by atoms with van der Waals surface area (Å²) in [6, 6.07) is -3.78. The summed E-state index contributed by atoms with van der Waals surface area (Å²) in [6.45, 7) is 9.89. The van der Waals surface area contributed by atoms with Crippen molar-refractivity contribution in [3.05, 3.63) is 0 Å². The fraction of sp³-hybridized carbons (Fsp3) is 0.815. The lowest BCUT2D eigenvalue weighted by Crippen LogP contribution is -2.62. The van der Waals surface area contributed by atoms with Crippen molar-refractivity contribution in [2.24, 2.45) is 28.6 Å². The third kappa shape index (κ3) is 6.02. The second kappa shape index (κ2) is 10.7. The number of carbonyl (C=O) groups excluding carboxylic acids is 5. The van der Waals surface area contributed by atoms with Gasteiger partial charge in [-0.05, 0) is 41.9 Å². The molecule has 1 unspecified atom stereocenters. The Morgan fingerprint density at radius 1 is 1.10 bits per heavy atom. The van der Waals surface area contributed by atoms with Crippen LogP contribution in [0.5, 0.6) is 0 Å². The predicted octanol–water partition coefficient (Wildman–Crippen LogP) is 0.167.